The summed E-state index contributed by atoms with van der Waals surface area (Å²) in [6, 6.07) is 3.67. The number of nitrogens with one attached hydrogen (secondary N) is 1. The molecule has 2 aliphatic rings. The van der Waals surface area contributed by atoms with E-state index in [-0.39, 0.29) is 17.9 Å². The molecule has 2 fully saturated rings. The molecule has 114 valence electrons. The summed E-state index contributed by atoms with van der Waals surface area (Å²) in [5.41, 5.74) is -0.635. The average Bonchev–Trinajstić information content (AvgIpc) is 2.69. The Morgan fingerprint density at radius 3 is 2.76 bits per heavy atom. The van der Waals surface area contributed by atoms with Crippen LogP contribution < -0.4 is 11.1 Å². The second-order valence-corrected chi connectivity index (χ2v) is 5.93. The van der Waals surface area contributed by atoms with Gasteiger partial charge >= 0.3 is 0 Å². The first kappa shape index (κ1) is 14.2. The van der Waals surface area contributed by atoms with E-state index in [4.69, 9.17) is 10.5 Å². The van der Waals surface area contributed by atoms with Crippen molar-refractivity contribution in [3.63, 3.8) is 0 Å². The number of ether oxygens (including phenoxy) is 1. The van der Waals surface area contributed by atoms with Gasteiger partial charge in [-0.3, -0.25) is 4.79 Å². The summed E-state index contributed by atoms with van der Waals surface area (Å²) in [4.78, 5) is 11.9. The van der Waals surface area contributed by atoms with Crippen LogP contribution in [-0.4, -0.2) is 30.5 Å². The first-order valence-electron chi connectivity index (χ1n) is 6.54. The Morgan fingerprint density at radius 2 is 2.05 bits per heavy atom. The van der Waals surface area contributed by atoms with Crippen molar-refractivity contribution < 1.29 is 22.7 Å². The highest BCUT2D eigenvalue weighted by Gasteiger charge is 2.67. The van der Waals surface area contributed by atoms with Gasteiger partial charge in [0.1, 0.15) is 11.4 Å². The van der Waals surface area contributed by atoms with Crippen molar-refractivity contribution in [3.05, 3.63) is 29.6 Å². The summed E-state index contributed by atoms with van der Waals surface area (Å²) in [6.07, 6.45) is -0.694. The Labute approximate surface area is 119 Å². The maximum absolute atomic E-state index is 15.3. The number of nitrogens with two attached hydrogens (primary N) is 1. The molecule has 0 aromatic heterocycles. The number of carbonyl (C=O) groups excluding carboxylic acids is 1. The highest BCUT2D eigenvalue weighted by Crippen LogP contribution is 2.50. The topological polar surface area (TPSA) is 64.3 Å². The zero-order valence-corrected chi connectivity index (χ0v) is 11.4. The van der Waals surface area contributed by atoms with E-state index in [1.54, 1.807) is 0 Å². The molecule has 0 radical (unpaired) electrons. The van der Waals surface area contributed by atoms with E-state index in [1.165, 1.54) is 12.1 Å². The number of hydrogen-bond acceptors (Lipinski definition) is 3. The van der Waals surface area contributed by atoms with Gasteiger partial charge in [-0.15, -0.1) is 0 Å². The lowest BCUT2D eigenvalue weighted by molar-refractivity contribution is -0.147. The van der Waals surface area contributed by atoms with E-state index in [9.17, 15) is 13.6 Å². The first-order chi connectivity index (χ1) is 9.70. The zero-order valence-electron chi connectivity index (χ0n) is 11.4. The van der Waals surface area contributed by atoms with Crippen LogP contribution in [0.5, 0.6) is 0 Å². The van der Waals surface area contributed by atoms with Crippen LogP contribution >= 0.6 is 0 Å². The fraction of sp³-hybridized carbons (Fsp3) is 0.500. The summed E-state index contributed by atoms with van der Waals surface area (Å²) >= 11 is 0. The van der Waals surface area contributed by atoms with E-state index < -0.39 is 41.6 Å². The lowest BCUT2D eigenvalue weighted by Crippen LogP contribution is -2.69. The minimum atomic E-state index is -2.37. The van der Waals surface area contributed by atoms with Crippen LogP contribution in [0, 0.1) is 5.82 Å². The predicted octanol–water partition coefficient (Wildman–Crippen LogP) is 1.59. The Morgan fingerprint density at radius 1 is 1.33 bits per heavy atom. The number of fused-ring (bicyclic) bond motifs is 1. The van der Waals surface area contributed by atoms with Gasteiger partial charge in [0.2, 0.25) is 0 Å². The quantitative estimate of drug-likeness (QED) is 0.774. The monoisotopic (exact) mass is 300 g/mol. The SMILES string of the molecule is C[C@@]1(F)C[C@]2(F)COC[C@]2(c2cc(N)ccc2F)NC1=O. The molecular formula is C14H15F3N2O2. The maximum atomic E-state index is 15.3. The molecule has 21 heavy (non-hydrogen) atoms. The largest absolute Gasteiger partial charge is 0.399 e. The third-order valence-corrected chi connectivity index (χ3v) is 4.28. The standard InChI is InChI=1S/C14H15F3N2O2/c1-12(16)5-13(17)6-21-7-14(13,19-11(12)20)9-4-8(18)2-3-10(9)15/h2-4H,5-7,18H2,1H3,(H,19,20)/t12-,13+,14-/m1/s1. The van der Waals surface area contributed by atoms with Crippen LogP contribution in [0.2, 0.25) is 0 Å². The minimum Gasteiger partial charge on any atom is -0.399 e. The Bertz CT molecular complexity index is 622. The van der Waals surface area contributed by atoms with Crippen LogP contribution in [0.1, 0.15) is 18.9 Å². The number of halogens is 3. The van der Waals surface area contributed by atoms with Gasteiger partial charge in [-0.2, -0.15) is 0 Å². The summed E-state index contributed by atoms with van der Waals surface area (Å²) < 4.78 is 48.8. The summed E-state index contributed by atoms with van der Waals surface area (Å²) in [7, 11) is 0. The number of carbonyl (C=O) groups is 1. The van der Waals surface area contributed by atoms with Gasteiger partial charge in [-0.1, -0.05) is 0 Å². The van der Waals surface area contributed by atoms with Gasteiger partial charge in [-0.25, -0.2) is 13.2 Å². The van der Waals surface area contributed by atoms with Crippen LogP contribution in [-0.2, 0) is 15.1 Å². The van der Waals surface area contributed by atoms with Crippen molar-refractivity contribution in [1.29, 1.82) is 0 Å². The van der Waals surface area contributed by atoms with Crippen molar-refractivity contribution in [1.82, 2.24) is 5.32 Å². The average molecular weight is 300 g/mol. The fourth-order valence-corrected chi connectivity index (χ4v) is 3.16. The summed E-state index contributed by atoms with van der Waals surface area (Å²) in [5, 5.41) is 2.30. The molecule has 1 amide bonds. The molecule has 7 heteroatoms. The van der Waals surface area contributed by atoms with Gasteiger partial charge in [0, 0.05) is 17.7 Å². The van der Waals surface area contributed by atoms with Crippen LogP contribution in [0.25, 0.3) is 0 Å². The smallest absolute Gasteiger partial charge is 0.258 e. The molecule has 0 aliphatic carbocycles. The highest BCUT2D eigenvalue weighted by molar-refractivity contribution is 5.87. The lowest BCUT2D eigenvalue weighted by atomic mass is 9.69. The molecule has 3 atom stereocenters. The Balaban J connectivity index is 2.18. The van der Waals surface area contributed by atoms with Crippen molar-refractivity contribution >= 4 is 11.6 Å². The number of nitrogen functional groups attached to an aromatic ring is 1. The molecule has 3 rings (SSSR count). The third-order valence-electron chi connectivity index (χ3n) is 4.28. The molecule has 2 heterocycles. The molecule has 3 N–H and O–H groups in total. The third kappa shape index (κ3) is 1.83. The molecule has 0 saturated carbocycles. The van der Waals surface area contributed by atoms with Crippen molar-refractivity contribution in [2.45, 2.75) is 30.2 Å². The van der Waals surface area contributed by atoms with Crippen LogP contribution in [0.4, 0.5) is 18.9 Å². The number of amides is 1. The normalized spacial score (nSPS) is 39.0. The van der Waals surface area contributed by atoms with E-state index in [0.29, 0.717) is 0 Å². The fourth-order valence-electron chi connectivity index (χ4n) is 3.16. The lowest BCUT2D eigenvalue weighted by Gasteiger charge is -2.47. The summed E-state index contributed by atoms with van der Waals surface area (Å²) in [5.74, 6) is -1.71. The van der Waals surface area contributed by atoms with Gasteiger partial charge < -0.3 is 15.8 Å². The molecular weight excluding hydrogens is 285 g/mol. The van der Waals surface area contributed by atoms with E-state index in [0.717, 1.165) is 13.0 Å². The zero-order chi connectivity index (χ0) is 15.5. The molecule has 4 nitrogen and oxygen atoms in total. The number of alkyl halides is 2. The van der Waals surface area contributed by atoms with Crippen molar-refractivity contribution in [3.8, 4) is 0 Å². The first-order valence-corrected chi connectivity index (χ1v) is 6.54. The molecule has 1 aromatic carbocycles. The minimum absolute atomic E-state index is 0.119. The molecule has 0 spiro atoms. The van der Waals surface area contributed by atoms with E-state index >= 15 is 4.39 Å². The number of benzene rings is 1. The second-order valence-electron chi connectivity index (χ2n) is 5.93. The molecule has 0 bridgehead atoms. The number of rotatable bonds is 1. The van der Waals surface area contributed by atoms with Gasteiger partial charge in [0.05, 0.1) is 13.2 Å². The molecule has 1 aromatic rings. The Hall–Kier alpha value is -1.76. The number of anilines is 1. The van der Waals surface area contributed by atoms with Gasteiger partial charge in [0.15, 0.2) is 11.3 Å². The van der Waals surface area contributed by atoms with Crippen molar-refractivity contribution in [2.24, 2.45) is 0 Å². The summed E-state index contributed by atoms with van der Waals surface area (Å²) in [6.45, 7) is 0.314. The maximum Gasteiger partial charge on any atom is 0.258 e. The van der Waals surface area contributed by atoms with Crippen molar-refractivity contribution in [2.75, 3.05) is 18.9 Å². The van der Waals surface area contributed by atoms with E-state index in [1.807, 2.05) is 0 Å². The van der Waals surface area contributed by atoms with Gasteiger partial charge in [-0.05, 0) is 25.1 Å². The van der Waals surface area contributed by atoms with E-state index in [2.05, 4.69) is 5.32 Å². The molecule has 2 aliphatic heterocycles. The predicted molar refractivity (Wildman–Crippen MR) is 69.4 cm³/mol. The Kier molecular flexibility index (Phi) is 2.79. The second kappa shape index (κ2) is 4.13. The highest BCUT2D eigenvalue weighted by atomic mass is 19.2. The molecule has 2 saturated heterocycles. The van der Waals surface area contributed by atoms with Gasteiger partial charge in [0.25, 0.3) is 5.91 Å². The van der Waals surface area contributed by atoms with Crippen LogP contribution in [0.15, 0.2) is 18.2 Å². The number of piperidine rings is 1. The molecule has 0 unspecified atom stereocenters. The number of hydrogen-bond donors (Lipinski definition) is 2. The van der Waals surface area contributed by atoms with Crippen LogP contribution in [0.3, 0.4) is 0 Å².